The van der Waals surface area contributed by atoms with Crippen molar-refractivity contribution in [2.75, 3.05) is 0 Å². The second kappa shape index (κ2) is 5.58. The summed E-state index contributed by atoms with van der Waals surface area (Å²) in [4.78, 5) is 21.8. The third kappa shape index (κ3) is 3.77. The standard InChI is InChI=1S/C7H8F2O7S/c1-3-4(2-5(10)13-3)14-6(11)7(8,9)17-16-15-12/h3-4,12H,2H2,1H3/p-1. The minimum Gasteiger partial charge on any atom is -0.691 e. The highest BCUT2D eigenvalue weighted by Crippen LogP contribution is 2.32. The zero-order valence-corrected chi connectivity index (χ0v) is 9.20. The lowest BCUT2D eigenvalue weighted by molar-refractivity contribution is -0.777. The molecule has 0 aromatic carbocycles. The van der Waals surface area contributed by atoms with Gasteiger partial charge in [-0.15, -0.1) is 0 Å². The van der Waals surface area contributed by atoms with Crippen LogP contribution < -0.4 is 5.26 Å². The molecule has 2 unspecified atom stereocenters. The number of halogens is 2. The van der Waals surface area contributed by atoms with E-state index in [0.717, 1.165) is 0 Å². The highest BCUT2D eigenvalue weighted by atomic mass is 32.2. The third-order valence-electron chi connectivity index (χ3n) is 1.87. The molecule has 0 N–H and O–H groups in total. The topological polar surface area (TPSA) is 94.1 Å². The summed E-state index contributed by atoms with van der Waals surface area (Å²) in [7, 11) is 0. The average molecular weight is 273 g/mol. The van der Waals surface area contributed by atoms with Gasteiger partial charge in [-0.1, -0.05) is 0 Å². The highest BCUT2D eigenvalue weighted by Gasteiger charge is 2.47. The highest BCUT2D eigenvalue weighted by molar-refractivity contribution is 7.96. The molecule has 1 heterocycles. The van der Waals surface area contributed by atoms with Gasteiger partial charge in [-0.25, -0.2) is 4.79 Å². The van der Waals surface area contributed by atoms with Gasteiger partial charge in [0, 0.05) is 0 Å². The number of carbonyl (C=O) groups is 2. The van der Waals surface area contributed by atoms with Crippen LogP contribution in [-0.2, 0) is 28.4 Å². The van der Waals surface area contributed by atoms with E-state index in [4.69, 9.17) is 0 Å². The van der Waals surface area contributed by atoms with Crippen LogP contribution >= 0.6 is 12.0 Å². The van der Waals surface area contributed by atoms with Gasteiger partial charge in [0.25, 0.3) is 0 Å². The number of hydrogen-bond acceptors (Lipinski definition) is 8. The summed E-state index contributed by atoms with van der Waals surface area (Å²) >= 11 is -0.796. The lowest BCUT2D eigenvalue weighted by atomic mass is 10.2. The van der Waals surface area contributed by atoms with E-state index in [1.165, 1.54) is 6.92 Å². The van der Waals surface area contributed by atoms with E-state index in [1.54, 1.807) is 0 Å². The number of alkyl halides is 2. The predicted molar refractivity (Wildman–Crippen MR) is 44.8 cm³/mol. The molecule has 1 aliphatic heterocycles. The smallest absolute Gasteiger partial charge is 0.415 e. The van der Waals surface area contributed by atoms with Crippen molar-refractivity contribution in [1.82, 2.24) is 0 Å². The Morgan fingerprint density at radius 2 is 2.29 bits per heavy atom. The average Bonchev–Trinajstić information content (AvgIpc) is 2.54. The van der Waals surface area contributed by atoms with Crippen molar-refractivity contribution in [3.8, 4) is 0 Å². The minimum absolute atomic E-state index is 0.299. The Balaban J connectivity index is 2.50. The maximum absolute atomic E-state index is 12.9. The Bertz CT molecular complexity index is 311. The van der Waals surface area contributed by atoms with Crippen LogP contribution in [0.3, 0.4) is 0 Å². The fourth-order valence-electron chi connectivity index (χ4n) is 1.10. The molecule has 1 saturated heterocycles. The van der Waals surface area contributed by atoms with Crippen LogP contribution in [0, 0.1) is 0 Å². The molecule has 0 saturated carbocycles. The van der Waals surface area contributed by atoms with Gasteiger partial charge in [0.15, 0.2) is 0 Å². The quantitative estimate of drug-likeness (QED) is 0.291. The first-order chi connectivity index (χ1) is 7.86. The molecule has 0 aliphatic carbocycles. The van der Waals surface area contributed by atoms with E-state index in [2.05, 4.69) is 18.8 Å². The largest absolute Gasteiger partial charge is 0.691 e. The molecule has 1 rings (SSSR count). The molecule has 17 heavy (non-hydrogen) atoms. The number of rotatable bonds is 5. The van der Waals surface area contributed by atoms with Gasteiger partial charge in [-0.2, -0.15) is 13.1 Å². The lowest BCUT2D eigenvalue weighted by Gasteiger charge is -2.18. The second-order valence-electron chi connectivity index (χ2n) is 3.08. The Morgan fingerprint density at radius 1 is 1.65 bits per heavy atom. The summed E-state index contributed by atoms with van der Waals surface area (Å²) < 4.78 is 38.1. The third-order valence-corrected chi connectivity index (χ3v) is 2.37. The summed E-state index contributed by atoms with van der Waals surface area (Å²) in [6, 6.07) is 0. The molecule has 0 radical (unpaired) electrons. The molecule has 1 aliphatic rings. The van der Waals surface area contributed by atoms with E-state index >= 15 is 0 Å². The van der Waals surface area contributed by atoms with Crippen molar-refractivity contribution < 1.29 is 42.5 Å². The van der Waals surface area contributed by atoms with Crippen LogP contribution in [0.25, 0.3) is 0 Å². The van der Waals surface area contributed by atoms with Gasteiger partial charge in [0.2, 0.25) is 0 Å². The molecule has 0 aromatic rings. The molecule has 10 heteroatoms. The normalized spacial score (nSPS) is 24.6. The molecule has 0 aromatic heterocycles. The van der Waals surface area contributed by atoms with Gasteiger partial charge in [-0.05, 0) is 6.92 Å². The second-order valence-corrected chi connectivity index (χ2v) is 3.89. The van der Waals surface area contributed by atoms with Crippen LogP contribution in [0.4, 0.5) is 8.78 Å². The first-order valence-corrected chi connectivity index (χ1v) is 5.03. The van der Waals surface area contributed by atoms with Crippen LogP contribution in [0.2, 0.25) is 0 Å². The monoisotopic (exact) mass is 273 g/mol. The fourth-order valence-corrected chi connectivity index (χ4v) is 1.33. The zero-order chi connectivity index (χ0) is 13.1. The van der Waals surface area contributed by atoms with Gasteiger partial charge in [-0.3, -0.25) is 9.83 Å². The molecule has 7 nitrogen and oxygen atoms in total. The number of ether oxygens (including phenoxy) is 2. The predicted octanol–water partition coefficient (Wildman–Crippen LogP) is -0.302. The van der Waals surface area contributed by atoms with Crippen molar-refractivity contribution in [2.45, 2.75) is 30.8 Å². The van der Waals surface area contributed by atoms with E-state index < -0.39 is 41.4 Å². The van der Waals surface area contributed by atoms with Gasteiger partial charge in [0.1, 0.15) is 24.3 Å². The summed E-state index contributed by atoms with van der Waals surface area (Å²) in [6.07, 6.45) is -2.19. The van der Waals surface area contributed by atoms with Gasteiger partial charge < -0.3 is 14.7 Å². The van der Waals surface area contributed by atoms with Crippen LogP contribution in [-0.4, -0.2) is 29.4 Å². The summed E-state index contributed by atoms with van der Waals surface area (Å²) in [5.74, 6) is -2.60. The summed E-state index contributed by atoms with van der Waals surface area (Å²) in [6.45, 7) is 1.39. The van der Waals surface area contributed by atoms with Gasteiger partial charge >= 0.3 is 17.2 Å². The molecule has 0 amide bonds. The number of carbonyl (C=O) groups excluding carboxylic acids is 2. The van der Waals surface area contributed by atoms with Crippen molar-refractivity contribution in [1.29, 1.82) is 0 Å². The van der Waals surface area contributed by atoms with Crippen molar-refractivity contribution >= 4 is 24.0 Å². The van der Waals surface area contributed by atoms with Crippen LogP contribution in [0.1, 0.15) is 13.3 Å². The summed E-state index contributed by atoms with van der Waals surface area (Å²) in [5.41, 5.74) is 0. The van der Waals surface area contributed by atoms with E-state index in [9.17, 15) is 23.6 Å². The Labute approximate surface area is 98.0 Å². The van der Waals surface area contributed by atoms with Crippen LogP contribution in [0.15, 0.2) is 0 Å². The number of esters is 2. The minimum atomic E-state index is -4.12. The van der Waals surface area contributed by atoms with Crippen LogP contribution in [0.5, 0.6) is 0 Å². The first-order valence-electron chi connectivity index (χ1n) is 4.29. The maximum atomic E-state index is 12.9. The molecular weight excluding hydrogens is 266 g/mol. The number of hydrogen-bond donors (Lipinski definition) is 0. The fraction of sp³-hybridized carbons (Fsp3) is 0.714. The molecule has 98 valence electrons. The zero-order valence-electron chi connectivity index (χ0n) is 8.38. The number of cyclic esters (lactones) is 1. The summed E-state index contributed by atoms with van der Waals surface area (Å²) in [5, 5.41) is 7.91. The van der Waals surface area contributed by atoms with Crippen molar-refractivity contribution in [3.63, 3.8) is 0 Å². The Hall–Kier alpha value is -0.970. The first kappa shape index (κ1) is 14.1. The maximum Gasteiger partial charge on any atom is 0.415 e. The van der Waals surface area contributed by atoms with Gasteiger partial charge in [0.05, 0.1) is 6.42 Å². The lowest BCUT2D eigenvalue weighted by Crippen LogP contribution is -2.34. The SMILES string of the molecule is CC1OC(=O)CC1OC(=O)C(F)(F)SOO[O-]. The molecular formula is C7H7F2O7S-. The Kier molecular flexibility index (Phi) is 4.62. The Morgan fingerprint density at radius 3 is 2.76 bits per heavy atom. The van der Waals surface area contributed by atoms with Crippen molar-refractivity contribution in [3.05, 3.63) is 0 Å². The molecule has 0 spiro atoms. The van der Waals surface area contributed by atoms with E-state index in [1.807, 2.05) is 0 Å². The van der Waals surface area contributed by atoms with Crippen molar-refractivity contribution in [2.24, 2.45) is 0 Å². The van der Waals surface area contributed by atoms with E-state index in [-0.39, 0.29) is 6.42 Å². The molecule has 2 atom stereocenters. The molecule has 1 fully saturated rings. The van der Waals surface area contributed by atoms with E-state index in [0.29, 0.717) is 0 Å². The molecule has 0 bridgehead atoms.